The van der Waals surface area contributed by atoms with E-state index in [1.165, 1.54) is 6.07 Å². The van der Waals surface area contributed by atoms with Crippen molar-refractivity contribution < 1.29 is 13.2 Å². The first-order chi connectivity index (χ1) is 9.98. The van der Waals surface area contributed by atoms with E-state index >= 15 is 0 Å². The van der Waals surface area contributed by atoms with Gasteiger partial charge in [-0.15, -0.1) is 0 Å². The van der Waals surface area contributed by atoms with Crippen molar-refractivity contribution in [2.45, 2.75) is 37.5 Å². The number of hydrogen-bond donors (Lipinski definition) is 2. The smallest absolute Gasteiger partial charge is 0.248 e. The van der Waals surface area contributed by atoms with E-state index in [4.69, 9.17) is 5.73 Å². The van der Waals surface area contributed by atoms with Crippen LogP contribution in [-0.2, 0) is 0 Å². The van der Waals surface area contributed by atoms with E-state index in [0.717, 1.165) is 0 Å². The van der Waals surface area contributed by atoms with Gasteiger partial charge in [0.1, 0.15) is 5.82 Å². The number of H-pyrrole nitrogens is 1. The third-order valence-corrected chi connectivity index (χ3v) is 4.09. The summed E-state index contributed by atoms with van der Waals surface area (Å²) < 4.78 is 40.5. The molecule has 0 radical (unpaired) electrons. The minimum absolute atomic E-state index is 0.0935. The molecule has 0 aliphatic heterocycles. The summed E-state index contributed by atoms with van der Waals surface area (Å²) in [5.41, 5.74) is 7.37. The number of halogens is 3. The number of benzene rings is 1. The highest BCUT2D eigenvalue weighted by atomic mass is 19.3. The number of nitrogens with two attached hydrogens (primary N) is 1. The normalized spacial score (nSPS) is 18.8. The summed E-state index contributed by atoms with van der Waals surface area (Å²) in [4.78, 5) is 0. The Balaban J connectivity index is 1.97. The van der Waals surface area contributed by atoms with E-state index in [2.05, 4.69) is 10.2 Å². The highest BCUT2D eigenvalue weighted by Gasteiger charge is 2.37. The van der Waals surface area contributed by atoms with Crippen LogP contribution in [0.5, 0.6) is 0 Å². The van der Waals surface area contributed by atoms with Gasteiger partial charge >= 0.3 is 0 Å². The highest BCUT2D eigenvalue weighted by molar-refractivity contribution is 5.77. The molecule has 6 heteroatoms. The molecule has 0 saturated heterocycles. The second-order valence-corrected chi connectivity index (χ2v) is 5.51. The lowest BCUT2D eigenvalue weighted by molar-refractivity contribution is -0.0384. The quantitative estimate of drug-likeness (QED) is 0.876. The van der Waals surface area contributed by atoms with Crippen molar-refractivity contribution in [1.29, 1.82) is 0 Å². The molecule has 1 fully saturated rings. The predicted octanol–water partition coefficient (Wildman–Crippen LogP) is 4.09. The van der Waals surface area contributed by atoms with E-state index in [0.29, 0.717) is 29.7 Å². The Hall–Kier alpha value is -1.98. The Bertz CT molecular complexity index is 641. The zero-order valence-corrected chi connectivity index (χ0v) is 11.4. The van der Waals surface area contributed by atoms with Gasteiger partial charge in [-0.05, 0) is 18.9 Å². The van der Waals surface area contributed by atoms with Gasteiger partial charge in [0.25, 0.3) is 0 Å². The van der Waals surface area contributed by atoms with Gasteiger partial charge in [0, 0.05) is 35.6 Å². The van der Waals surface area contributed by atoms with Crippen molar-refractivity contribution in [2.75, 3.05) is 5.73 Å². The number of anilines is 1. The topological polar surface area (TPSA) is 54.7 Å². The average Bonchev–Trinajstić information content (AvgIpc) is 2.81. The fourth-order valence-electron chi connectivity index (χ4n) is 2.94. The second-order valence-electron chi connectivity index (χ2n) is 5.51. The van der Waals surface area contributed by atoms with E-state index in [-0.39, 0.29) is 24.6 Å². The zero-order chi connectivity index (χ0) is 15.0. The first-order valence-electron chi connectivity index (χ1n) is 6.94. The van der Waals surface area contributed by atoms with E-state index < -0.39 is 11.7 Å². The second kappa shape index (κ2) is 5.09. The molecule has 1 aliphatic rings. The van der Waals surface area contributed by atoms with Crippen molar-refractivity contribution in [3.05, 3.63) is 35.8 Å². The van der Waals surface area contributed by atoms with Crippen LogP contribution >= 0.6 is 0 Å². The molecule has 1 aromatic heterocycles. The maximum atomic E-state index is 14.0. The van der Waals surface area contributed by atoms with Crippen LogP contribution in [0.25, 0.3) is 11.1 Å². The minimum Gasteiger partial charge on any atom is -0.382 e. The van der Waals surface area contributed by atoms with Crippen molar-refractivity contribution in [3.63, 3.8) is 0 Å². The monoisotopic (exact) mass is 295 g/mol. The molecule has 1 aromatic carbocycles. The first-order valence-corrected chi connectivity index (χ1v) is 6.94. The zero-order valence-electron chi connectivity index (χ0n) is 11.4. The Morgan fingerprint density at radius 1 is 1.19 bits per heavy atom. The van der Waals surface area contributed by atoms with Crippen LogP contribution < -0.4 is 5.73 Å². The molecule has 1 saturated carbocycles. The van der Waals surface area contributed by atoms with Crippen molar-refractivity contribution in [2.24, 2.45) is 0 Å². The summed E-state index contributed by atoms with van der Waals surface area (Å²) in [5.74, 6) is -2.88. The summed E-state index contributed by atoms with van der Waals surface area (Å²) in [7, 11) is 0. The number of hydrogen-bond acceptors (Lipinski definition) is 2. The van der Waals surface area contributed by atoms with Crippen LogP contribution in [0.15, 0.2) is 24.3 Å². The molecule has 0 unspecified atom stereocenters. The van der Waals surface area contributed by atoms with Crippen LogP contribution in [0.3, 0.4) is 0 Å². The highest BCUT2D eigenvalue weighted by Crippen LogP contribution is 2.44. The van der Waals surface area contributed by atoms with Crippen molar-refractivity contribution in [3.8, 4) is 11.1 Å². The average molecular weight is 295 g/mol. The molecule has 0 atom stereocenters. The van der Waals surface area contributed by atoms with Gasteiger partial charge in [-0.25, -0.2) is 13.2 Å². The van der Waals surface area contributed by atoms with Crippen LogP contribution in [-0.4, -0.2) is 16.1 Å². The van der Waals surface area contributed by atoms with E-state index in [9.17, 15) is 13.2 Å². The Morgan fingerprint density at radius 2 is 1.86 bits per heavy atom. The van der Waals surface area contributed by atoms with Crippen LogP contribution in [0.2, 0.25) is 0 Å². The van der Waals surface area contributed by atoms with Crippen LogP contribution in [0, 0.1) is 5.82 Å². The van der Waals surface area contributed by atoms with Gasteiger partial charge in [0.15, 0.2) is 5.82 Å². The van der Waals surface area contributed by atoms with Gasteiger partial charge in [-0.3, -0.25) is 5.10 Å². The number of aromatic nitrogens is 2. The van der Waals surface area contributed by atoms with Gasteiger partial charge in [0.05, 0.1) is 0 Å². The van der Waals surface area contributed by atoms with E-state index in [1.54, 1.807) is 18.2 Å². The standard InChI is InChI=1S/C15H16F3N3/c16-11-4-2-1-3-10(11)12-13(20-21-14(12)19)9-5-7-15(17,18)8-6-9/h1-4,9H,5-8H2,(H3,19,20,21). The SMILES string of the molecule is Nc1n[nH]c(C2CCC(F)(F)CC2)c1-c1ccccc1F. The maximum absolute atomic E-state index is 14.0. The molecule has 3 rings (SSSR count). The first kappa shape index (κ1) is 14.0. The number of nitrogen functional groups attached to an aromatic ring is 1. The Morgan fingerprint density at radius 3 is 2.52 bits per heavy atom. The van der Waals surface area contributed by atoms with Crippen LogP contribution in [0.1, 0.15) is 37.3 Å². The molecule has 3 N–H and O–H groups in total. The Labute approximate surface area is 120 Å². The summed E-state index contributed by atoms with van der Waals surface area (Å²) >= 11 is 0. The number of nitrogens with zero attached hydrogens (tertiary/aromatic N) is 1. The predicted molar refractivity (Wildman–Crippen MR) is 74.6 cm³/mol. The van der Waals surface area contributed by atoms with Gasteiger partial charge in [0.2, 0.25) is 5.92 Å². The third-order valence-electron chi connectivity index (χ3n) is 4.09. The summed E-state index contributed by atoms with van der Waals surface area (Å²) in [5, 5.41) is 6.75. The number of aromatic amines is 1. The molecule has 1 heterocycles. The largest absolute Gasteiger partial charge is 0.382 e. The number of nitrogens with one attached hydrogen (secondary N) is 1. The molecule has 0 bridgehead atoms. The number of alkyl halides is 2. The molecule has 21 heavy (non-hydrogen) atoms. The lowest BCUT2D eigenvalue weighted by Gasteiger charge is -2.28. The molecule has 3 nitrogen and oxygen atoms in total. The Kier molecular flexibility index (Phi) is 3.39. The van der Waals surface area contributed by atoms with Gasteiger partial charge in [-0.1, -0.05) is 18.2 Å². The maximum Gasteiger partial charge on any atom is 0.248 e. The number of rotatable bonds is 2. The molecule has 2 aromatic rings. The summed E-state index contributed by atoms with van der Waals surface area (Å²) in [6.45, 7) is 0. The lowest BCUT2D eigenvalue weighted by atomic mass is 9.82. The van der Waals surface area contributed by atoms with Crippen molar-refractivity contribution >= 4 is 5.82 Å². The van der Waals surface area contributed by atoms with E-state index in [1.807, 2.05) is 0 Å². The molecule has 112 valence electrons. The third kappa shape index (κ3) is 2.62. The summed E-state index contributed by atoms with van der Waals surface area (Å²) in [6, 6.07) is 6.28. The molecule has 0 spiro atoms. The minimum atomic E-state index is -2.60. The summed E-state index contributed by atoms with van der Waals surface area (Å²) in [6.07, 6.45) is 0.368. The van der Waals surface area contributed by atoms with Crippen LogP contribution in [0.4, 0.5) is 19.0 Å². The van der Waals surface area contributed by atoms with Gasteiger partial charge < -0.3 is 5.73 Å². The fourth-order valence-corrected chi connectivity index (χ4v) is 2.94. The molecule has 1 aliphatic carbocycles. The fraction of sp³-hybridized carbons (Fsp3) is 0.400. The molecule has 0 amide bonds. The van der Waals surface area contributed by atoms with Crippen molar-refractivity contribution in [1.82, 2.24) is 10.2 Å². The molecular weight excluding hydrogens is 279 g/mol. The lowest BCUT2D eigenvalue weighted by Crippen LogP contribution is -2.24. The molecular formula is C15H16F3N3. The van der Waals surface area contributed by atoms with Gasteiger partial charge in [-0.2, -0.15) is 5.10 Å².